The minimum atomic E-state index is 0.581. The standard InChI is InChI=1S/C15H18Br2N2O2/c1-2-20-8-6-18-7-9-21-15-13(17)10-12(16)11-4-3-5-19-14(11)15/h3-5,10,18H,2,6-9H2,1H3. The number of hydrogen-bond acceptors (Lipinski definition) is 4. The largest absolute Gasteiger partial charge is 0.489 e. The van der Waals surface area contributed by atoms with Crippen LogP contribution < -0.4 is 10.1 Å². The summed E-state index contributed by atoms with van der Waals surface area (Å²) in [6.45, 7) is 5.65. The van der Waals surface area contributed by atoms with Gasteiger partial charge in [0, 0.05) is 35.8 Å². The molecule has 0 spiro atoms. The summed E-state index contributed by atoms with van der Waals surface area (Å²) in [7, 11) is 0. The van der Waals surface area contributed by atoms with E-state index in [0.717, 1.165) is 51.9 Å². The van der Waals surface area contributed by atoms with Gasteiger partial charge in [-0.2, -0.15) is 0 Å². The van der Waals surface area contributed by atoms with Crippen molar-refractivity contribution in [2.75, 3.05) is 32.9 Å². The summed E-state index contributed by atoms with van der Waals surface area (Å²) >= 11 is 7.08. The molecule has 114 valence electrons. The van der Waals surface area contributed by atoms with Crippen LogP contribution in [-0.2, 0) is 4.74 Å². The lowest BCUT2D eigenvalue weighted by molar-refractivity contribution is 0.148. The average molecular weight is 418 g/mol. The Kier molecular flexibility index (Phi) is 6.89. The first-order valence-corrected chi connectivity index (χ1v) is 8.46. The van der Waals surface area contributed by atoms with Crippen LogP contribution in [0.3, 0.4) is 0 Å². The number of pyridine rings is 1. The van der Waals surface area contributed by atoms with E-state index in [2.05, 4.69) is 42.2 Å². The zero-order chi connectivity index (χ0) is 15.1. The van der Waals surface area contributed by atoms with Crippen molar-refractivity contribution in [2.24, 2.45) is 0 Å². The highest BCUT2D eigenvalue weighted by Crippen LogP contribution is 2.37. The fourth-order valence-electron chi connectivity index (χ4n) is 1.92. The Hall–Kier alpha value is -0.690. The van der Waals surface area contributed by atoms with Crippen LogP contribution in [0, 0.1) is 0 Å². The molecule has 0 aliphatic carbocycles. The second-order valence-electron chi connectivity index (χ2n) is 4.36. The van der Waals surface area contributed by atoms with Crippen LogP contribution >= 0.6 is 31.9 Å². The van der Waals surface area contributed by atoms with Crippen LogP contribution in [0.15, 0.2) is 33.3 Å². The highest BCUT2D eigenvalue weighted by Gasteiger charge is 2.11. The summed E-state index contributed by atoms with van der Waals surface area (Å²) in [5, 5.41) is 4.32. The molecule has 0 aliphatic heterocycles. The Morgan fingerprint density at radius 3 is 2.81 bits per heavy atom. The van der Waals surface area contributed by atoms with Crippen LogP contribution in [-0.4, -0.2) is 37.9 Å². The summed E-state index contributed by atoms with van der Waals surface area (Å²) in [4.78, 5) is 4.42. The van der Waals surface area contributed by atoms with E-state index in [9.17, 15) is 0 Å². The van der Waals surface area contributed by atoms with E-state index in [0.29, 0.717) is 6.61 Å². The van der Waals surface area contributed by atoms with Crippen LogP contribution in [0.25, 0.3) is 10.9 Å². The maximum atomic E-state index is 5.88. The van der Waals surface area contributed by atoms with E-state index >= 15 is 0 Å². The molecular weight excluding hydrogens is 400 g/mol. The molecular formula is C15H18Br2N2O2. The third-order valence-electron chi connectivity index (χ3n) is 2.90. The molecule has 6 heteroatoms. The van der Waals surface area contributed by atoms with Crippen LogP contribution in [0.4, 0.5) is 0 Å². The lowest BCUT2D eigenvalue weighted by Gasteiger charge is -2.12. The first kappa shape index (κ1) is 16.7. The number of fused-ring (bicyclic) bond motifs is 1. The molecule has 1 aromatic heterocycles. The summed E-state index contributed by atoms with van der Waals surface area (Å²) in [5.41, 5.74) is 0.855. The molecule has 4 nitrogen and oxygen atoms in total. The van der Waals surface area contributed by atoms with Gasteiger partial charge in [-0.05, 0) is 35.0 Å². The Bertz CT molecular complexity index is 593. The fraction of sp³-hybridized carbons (Fsp3) is 0.400. The van der Waals surface area contributed by atoms with Crippen molar-refractivity contribution in [1.29, 1.82) is 0 Å². The first-order chi connectivity index (χ1) is 10.2. The van der Waals surface area contributed by atoms with Gasteiger partial charge in [0.25, 0.3) is 0 Å². The molecule has 0 aliphatic rings. The number of rotatable bonds is 8. The minimum Gasteiger partial charge on any atom is -0.489 e. The van der Waals surface area contributed by atoms with Crippen LogP contribution in [0.1, 0.15) is 6.92 Å². The van der Waals surface area contributed by atoms with Gasteiger partial charge in [-0.15, -0.1) is 0 Å². The van der Waals surface area contributed by atoms with Gasteiger partial charge in [-0.1, -0.05) is 22.0 Å². The maximum Gasteiger partial charge on any atom is 0.159 e. The van der Waals surface area contributed by atoms with E-state index < -0.39 is 0 Å². The van der Waals surface area contributed by atoms with Crippen LogP contribution in [0.2, 0.25) is 0 Å². The molecule has 0 unspecified atom stereocenters. The number of nitrogens with zero attached hydrogens (tertiary/aromatic N) is 1. The predicted octanol–water partition coefficient (Wildman–Crippen LogP) is 3.76. The monoisotopic (exact) mass is 416 g/mol. The lowest BCUT2D eigenvalue weighted by atomic mass is 10.2. The Balaban J connectivity index is 1.96. The molecule has 0 bridgehead atoms. The Labute approximate surface area is 141 Å². The molecule has 1 N–H and O–H groups in total. The predicted molar refractivity (Wildman–Crippen MR) is 92.0 cm³/mol. The van der Waals surface area contributed by atoms with Crippen molar-refractivity contribution in [1.82, 2.24) is 10.3 Å². The van der Waals surface area contributed by atoms with Gasteiger partial charge >= 0.3 is 0 Å². The molecule has 0 amide bonds. The molecule has 2 rings (SSSR count). The van der Waals surface area contributed by atoms with E-state index in [-0.39, 0.29) is 0 Å². The molecule has 1 heterocycles. The molecule has 21 heavy (non-hydrogen) atoms. The summed E-state index contributed by atoms with van der Waals surface area (Å²) in [6, 6.07) is 5.92. The quantitative estimate of drug-likeness (QED) is 0.664. The molecule has 0 fully saturated rings. The number of benzene rings is 1. The number of ether oxygens (including phenoxy) is 2. The second-order valence-corrected chi connectivity index (χ2v) is 6.07. The third-order valence-corrected chi connectivity index (χ3v) is 4.15. The van der Waals surface area contributed by atoms with Gasteiger partial charge in [-0.25, -0.2) is 0 Å². The smallest absolute Gasteiger partial charge is 0.159 e. The first-order valence-electron chi connectivity index (χ1n) is 6.88. The molecule has 0 saturated carbocycles. The average Bonchev–Trinajstić information content (AvgIpc) is 2.49. The highest BCUT2D eigenvalue weighted by atomic mass is 79.9. The van der Waals surface area contributed by atoms with Gasteiger partial charge in [0.15, 0.2) is 5.75 Å². The van der Waals surface area contributed by atoms with Gasteiger partial charge in [0.05, 0.1) is 11.1 Å². The zero-order valence-corrected chi connectivity index (χ0v) is 15.0. The van der Waals surface area contributed by atoms with E-state index in [1.54, 1.807) is 6.20 Å². The van der Waals surface area contributed by atoms with Gasteiger partial charge in [0.2, 0.25) is 0 Å². The summed E-state index contributed by atoms with van der Waals surface area (Å²) < 4.78 is 13.0. The molecule has 1 aromatic carbocycles. The van der Waals surface area contributed by atoms with Gasteiger partial charge in [-0.3, -0.25) is 4.98 Å². The highest BCUT2D eigenvalue weighted by molar-refractivity contribution is 9.11. The minimum absolute atomic E-state index is 0.581. The summed E-state index contributed by atoms with van der Waals surface area (Å²) in [5.74, 6) is 0.778. The Morgan fingerprint density at radius 1 is 1.19 bits per heavy atom. The topological polar surface area (TPSA) is 43.4 Å². The Morgan fingerprint density at radius 2 is 2.00 bits per heavy atom. The summed E-state index contributed by atoms with van der Waals surface area (Å²) in [6.07, 6.45) is 1.77. The van der Waals surface area contributed by atoms with Crippen molar-refractivity contribution in [2.45, 2.75) is 6.92 Å². The molecule has 0 atom stereocenters. The van der Waals surface area contributed by atoms with E-state index in [1.807, 2.05) is 25.1 Å². The van der Waals surface area contributed by atoms with Crippen molar-refractivity contribution in [3.63, 3.8) is 0 Å². The van der Waals surface area contributed by atoms with Gasteiger partial charge in [0.1, 0.15) is 12.1 Å². The number of nitrogens with one attached hydrogen (secondary N) is 1. The van der Waals surface area contributed by atoms with Crippen LogP contribution in [0.5, 0.6) is 5.75 Å². The maximum absolute atomic E-state index is 5.88. The fourth-order valence-corrected chi connectivity index (χ4v) is 3.31. The third kappa shape index (κ3) is 4.64. The number of halogens is 2. The number of aromatic nitrogens is 1. The van der Waals surface area contributed by atoms with Crippen molar-refractivity contribution < 1.29 is 9.47 Å². The number of hydrogen-bond donors (Lipinski definition) is 1. The van der Waals surface area contributed by atoms with Crippen molar-refractivity contribution in [3.8, 4) is 5.75 Å². The molecule has 0 radical (unpaired) electrons. The van der Waals surface area contributed by atoms with Crippen molar-refractivity contribution >= 4 is 42.8 Å². The second kappa shape index (κ2) is 8.68. The normalized spacial score (nSPS) is 11.0. The lowest BCUT2D eigenvalue weighted by Crippen LogP contribution is -2.25. The van der Waals surface area contributed by atoms with Crippen molar-refractivity contribution in [3.05, 3.63) is 33.3 Å². The zero-order valence-electron chi connectivity index (χ0n) is 11.9. The molecule has 2 aromatic rings. The van der Waals surface area contributed by atoms with E-state index in [1.165, 1.54) is 0 Å². The molecule has 0 saturated heterocycles. The van der Waals surface area contributed by atoms with Gasteiger partial charge < -0.3 is 14.8 Å². The van der Waals surface area contributed by atoms with E-state index in [4.69, 9.17) is 9.47 Å². The SMILES string of the molecule is CCOCCNCCOc1c(Br)cc(Br)c2cccnc12.